The van der Waals surface area contributed by atoms with Gasteiger partial charge in [-0.3, -0.25) is 29.8 Å². The predicted octanol–water partition coefficient (Wildman–Crippen LogP) is 21.6. The van der Waals surface area contributed by atoms with E-state index >= 15 is 0 Å². The lowest BCUT2D eigenvalue weighted by Gasteiger charge is -2.25. The van der Waals surface area contributed by atoms with Gasteiger partial charge >= 0.3 is 12.2 Å². The van der Waals surface area contributed by atoms with E-state index in [1.807, 2.05) is 232 Å². The number of ether oxygens (including phenoxy) is 2. The number of nitrogens with one attached hydrogen (secondary N) is 8. The van der Waals surface area contributed by atoms with E-state index in [2.05, 4.69) is 72.4 Å². The number of aromatic nitrogens is 6. The van der Waals surface area contributed by atoms with E-state index in [9.17, 15) is 28.8 Å². The summed E-state index contributed by atoms with van der Waals surface area (Å²) in [6.07, 6.45) is -0.129. The second kappa shape index (κ2) is 55.6. The van der Waals surface area contributed by atoms with Crippen LogP contribution in [0.2, 0.25) is 30.7 Å². The van der Waals surface area contributed by atoms with E-state index in [0.29, 0.717) is 68.1 Å². The van der Waals surface area contributed by atoms with Gasteiger partial charge in [0, 0.05) is 83.2 Å². The number of halogens is 8. The minimum Gasteiger partial charge on any atom is -0.447 e. The van der Waals surface area contributed by atoms with E-state index < -0.39 is 12.2 Å². The van der Waals surface area contributed by atoms with Crippen LogP contribution in [0.3, 0.4) is 0 Å². The Bertz CT molecular complexity index is 3670. The normalized spacial score (nSPS) is 10.2. The quantitative estimate of drug-likeness (QED) is 0.0292. The summed E-state index contributed by atoms with van der Waals surface area (Å²) < 4.78 is 9.81. The van der Waals surface area contributed by atoms with Gasteiger partial charge in [0.25, 0.3) is 0 Å². The summed E-state index contributed by atoms with van der Waals surface area (Å²) in [5, 5.41) is 25.1. The van der Waals surface area contributed by atoms with Crippen molar-refractivity contribution in [3.8, 4) is 0 Å². The summed E-state index contributed by atoms with van der Waals surface area (Å²) in [7, 11) is 0. The van der Waals surface area contributed by atoms with Gasteiger partial charge in [-0.1, -0.05) is 133 Å². The van der Waals surface area contributed by atoms with Crippen molar-refractivity contribution < 1.29 is 38.2 Å². The first kappa shape index (κ1) is 99.3. The molecule has 0 radical (unpaired) electrons. The molecule has 0 bridgehead atoms. The number of nitrogens with zero attached hydrogens (tertiary/aromatic N) is 8. The maximum absolute atomic E-state index is 11.5. The highest BCUT2D eigenvalue weighted by Crippen LogP contribution is 2.27. The Balaban J connectivity index is 0.000000629. The van der Waals surface area contributed by atoms with Crippen LogP contribution in [0.15, 0.2) is 158 Å². The smallest absolute Gasteiger partial charge is 0.411 e. The van der Waals surface area contributed by atoms with E-state index in [-0.39, 0.29) is 94.4 Å². The van der Waals surface area contributed by atoms with Crippen LogP contribution >= 0.6 is 92.8 Å². The number of rotatable bonds is 22. The maximum atomic E-state index is 11.5. The SMILES string of the molecule is CC(C)N(C(=O)CCl)c1ccccc1.CC(C)N(C(=O)CCl)c1ccccc1.CC(C)Nc1nc(Cl)nc(NC(C)C)n1.CC(C)Nc1nc(Cl)nc(NC(C)C)n1.CC(C)OC(=O)Nc1ccccc1.CC(C)OC(=O)Nc1ccccc1.CCC(=O)Nc1ccc(Cl)c(Cl)c1.CCC(=O)Nc1ccc(Cl)c(Cl)c1. The van der Waals surface area contributed by atoms with Crippen molar-refractivity contribution in [1.29, 1.82) is 0 Å². The van der Waals surface area contributed by atoms with Gasteiger partial charge in [0.15, 0.2) is 0 Å². The molecule has 2 heterocycles. The molecule has 32 heteroatoms. The van der Waals surface area contributed by atoms with Gasteiger partial charge in [-0.2, -0.15) is 29.9 Å². The van der Waals surface area contributed by atoms with Gasteiger partial charge in [-0.15, -0.1) is 23.2 Å². The summed E-state index contributed by atoms with van der Waals surface area (Å²) in [4.78, 5) is 94.9. The first-order chi connectivity index (χ1) is 51.9. The average Bonchev–Trinajstić information content (AvgIpc) is 0.873. The molecule has 0 aliphatic carbocycles. The highest BCUT2D eigenvalue weighted by Gasteiger charge is 2.19. The highest BCUT2D eigenvalue weighted by atomic mass is 35.5. The zero-order valence-corrected chi connectivity index (χ0v) is 71.4. The van der Waals surface area contributed by atoms with Crippen LogP contribution in [0.4, 0.5) is 67.5 Å². The first-order valence-electron chi connectivity index (χ1n) is 35.2. The number of hydrogen-bond donors (Lipinski definition) is 8. The van der Waals surface area contributed by atoms with Gasteiger partial charge in [-0.05, 0) is 219 Å². The van der Waals surface area contributed by atoms with E-state index in [1.54, 1.807) is 60.0 Å². The fourth-order valence-corrected chi connectivity index (χ4v) is 9.34. The number of amides is 6. The van der Waals surface area contributed by atoms with Crippen LogP contribution in [0.5, 0.6) is 0 Å². The molecule has 8 N–H and O–H groups in total. The van der Waals surface area contributed by atoms with Gasteiger partial charge in [-0.25, -0.2) is 9.59 Å². The number of carbonyl (C=O) groups excluding carboxylic acids is 6. The molecule has 110 heavy (non-hydrogen) atoms. The van der Waals surface area contributed by atoms with Crippen LogP contribution in [-0.2, 0) is 28.7 Å². The van der Waals surface area contributed by atoms with E-state index in [0.717, 1.165) is 22.7 Å². The molecule has 6 aromatic carbocycles. The van der Waals surface area contributed by atoms with Gasteiger partial charge < -0.3 is 51.2 Å². The molecule has 0 spiro atoms. The molecule has 24 nitrogen and oxygen atoms in total. The van der Waals surface area contributed by atoms with Crippen molar-refractivity contribution in [2.24, 2.45) is 0 Å². The third-order valence-corrected chi connectivity index (χ3v) is 14.8. The molecule has 600 valence electrons. The molecule has 8 aromatic rings. The second-order valence-corrected chi connectivity index (χ2v) is 28.1. The number of benzene rings is 6. The molecular formula is C78H104Cl8N16O8. The third kappa shape index (κ3) is 45.4. The van der Waals surface area contributed by atoms with Crippen molar-refractivity contribution in [2.75, 3.05) is 64.1 Å². The number of para-hydroxylation sites is 4. The lowest BCUT2D eigenvalue weighted by molar-refractivity contribution is -0.117. The number of anilines is 10. The van der Waals surface area contributed by atoms with Gasteiger partial charge in [0.1, 0.15) is 11.8 Å². The minimum absolute atomic E-state index is 0.0209. The Kier molecular flexibility index (Phi) is 50.2. The number of alkyl halides is 2. The third-order valence-electron chi connectivity index (χ3n) is 12.5. The first-order valence-corrected chi connectivity index (χ1v) is 38.5. The highest BCUT2D eigenvalue weighted by molar-refractivity contribution is 6.42. The Hall–Kier alpha value is -8.72. The standard InChI is InChI=1S/2C11H14ClNO.2C10H13NO2.2C9H9Cl2NO.2C9H16ClN5/c2*1-9(2)13(11(14)8-12)10-6-4-3-5-7-10;2*1-8(2)13-10(12)11-9-6-4-3-5-7-9;2*1-2-9(13)12-6-3-4-7(10)8(11)5-6;2*1-5(2)11-8-13-7(10)14-9(15-8)12-6(3)4/h2*3-7,9H,8H2,1-2H3;2*3-8H,1-2H3,(H,11,12);2*3-5H,2H2,1H3,(H,12,13);2*5-6H,1-4H3,(H2,11,12,13,14,15). The van der Waals surface area contributed by atoms with E-state index in [4.69, 9.17) is 102 Å². The number of carbonyl (C=O) groups is 6. The number of hydrogen-bond acceptors (Lipinski definition) is 18. The lowest BCUT2D eigenvalue weighted by Crippen LogP contribution is -2.37. The molecule has 0 aliphatic rings. The van der Waals surface area contributed by atoms with Crippen LogP contribution in [0.25, 0.3) is 0 Å². The Labute approximate surface area is 688 Å². The summed E-state index contributed by atoms with van der Waals surface area (Å²) in [5.41, 5.74) is 4.62. The molecule has 0 aliphatic heterocycles. The molecule has 6 amide bonds. The summed E-state index contributed by atoms with van der Waals surface area (Å²) in [6.45, 7) is 34.7. The largest absolute Gasteiger partial charge is 0.447 e. The second-order valence-electron chi connectivity index (χ2n) is 25.3. The summed E-state index contributed by atoms with van der Waals surface area (Å²) in [5.74, 6) is 1.81. The Morgan fingerprint density at radius 3 is 0.827 bits per heavy atom. The van der Waals surface area contributed by atoms with E-state index in [1.165, 1.54) is 0 Å². The summed E-state index contributed by atoms with van der Waals surface area (Å²) >= 11 is 45.6. The Morgan fingerprint density at radius 2 is 0.609 bits per heavy atom. The topological polar surface area (TPSA) is 301 Å². The lowest BCUT2D eigenvalue weighted by atomic mass is 10.2. The Morgan fingerprint density at radius 1 is 0.345 bits per heavy atom. The minimum atomic E-state index is -0.416. The van der Waals surface area contributed by atoms with Gasteiger partial charge in [0.2, 0.25) is 58.0 Å². The monoisotopic (exact) mass is 1670 g/mol. The van der Waals surface area contributed by atoms with Crippen LogP contribution < -0.4 is 52.3 Å². The fourth-order valence-electron chi connectivity index (χ4n) is 8.17. The molecule has 8 rings (SSSR count). The molecular weight excluding hydrogens is 1570 g/mol. The molecule has 0 fully saturated rings. The summed E-state index contributed by atoms with van der Waals surface area (Å²) in [6, 6.07) is 48.8. The average molecular weight is 1680 g/mol. The van der Waals surface area contributed by atoms with Crippen molar-refractivity contribution in [1.82, 2.24) is 29.9 Å². The molecule has 0 saturated heterocycles. The fraction of sp³-hybridized carbons (Fsp3) is 0.385. The van der Waals surface area contributed by atoms with Crippen molar-refractivity contribution >= 4 is 187 Å². The van der Waals surface area contributed by atoms with Crippen molar-refractivity contribution in [2.45, 2.75) is 186 Å². The van der Waals surface area contributed by atoms with Gasteiger partial charge in [0.05, 0.1) is 32.3 Å². The zero-order chi connectivity index (χ0) is 83.0. The predicted molar refractivity (Wildman–Crippen MR) is 458 cm³/mol. The van der Waals surface area contributed by atoms with Crippen LogP contribution in [-0.4, -0.2) is 126 Å². The molecule has 0 saturated carbocycles. The zero-order valence-electron chi connectivity index (χ0n) is 65.3. The molecule has 2 aromatic heterocycles. The molecule has 0 atom stereocenters. The molecule has 0 unspecified atom stereocenters. The van der Waals surface area contributed by atoms with Crippen molar-refractivity contribution in [3.05, 3.63) is 188 Å². The van der Waals surface area contributed by atoms with Crippen LogP contribution in [0, 0.1) is 0 Å². The maximum Gasteiger partial charge on any atom is 0.411 e. The van der Waals surface area contributed by atoms with Crippen LogP contribution in [0.1, 0.15) is 137 Å². The van der Waals surface area contributed by atoms with Crippen molar-refractivity contribution in [3.63, 3.8) is 0 Å².